The maximum Gasteiger partial charge on any atom is 0.330 e. The van der Waals surface area contributed by atoms with Gasteiger partial charge in [0.25, 0.3) is 5.56 Å². The lowest BCUT2D eigenvalue weighted by atomic mass is 10.0. The molecule has 1 aromatic rings. The normalized spacial score (nSPS) is 38.2. The SMILES string of the molecule is O=c1ccn(C2OC3(CO)CO[C@@H]2[C@@H]3O)c(=O)[nH]1. The predicted octanol–water partition coefficient (Wildman–Crippen LogP) is -2.44. The fraction of sp³-hybridized carbons (Fsp3) is 0.600. The van der Waals surface area contributed by atoms with Gasteiger partial charge in [0.05, 0.1) is 13.2 Å². The van der Waals surface area contributed by atoms with Gasteiger partial charge in [0, 0.05) is 12.3 Å². The van der Waals surface area contributed by atoms with Gasteiger partial charge in [-0.25, -0.2) is 4.79 Å². The van der Waals surface area contributed by atoms with E-state index in [2.05, 4.69) is 4.98 Å². The lowest BCUT2D eigenvalue weighted by molar-refractivity contribution is -0.187. The van der Waals surface area contributed by atoms with Crippen LogP contribution in [0.1, 0.15) is 6.23 Å². The van der Waals surface area contributed by atoms with Crippen LogP contribution in [0.15, 0.2) is 21.9 Å². The Hall–Kier alpha value is -1.48. The molecule has 2 unspecified atom stereocenters. The molecule has 0 radical (unpaired) electrons. The van der Waals surface area contributed by atoms with Gasteiger partial charge in [-0.15, -0.1) is 0 Å². The van der Waals surface area contributed by atoms with E-state index in [0.29, 0.717) is 0 Å². The fourth-order valence-corrected chi connectivity index (χ4v) is 2.38. The van der Waals surface area contributed by atoms with Crippen molar-refractivity contribution in [2.75, 3.05) is 13.2 Å². The Labute approximate surface area is 100 Å². The summed E-state index contributed by atoms with van der Waals surface area (Å²) in [5, 5.41) is 19.2. The summed E-state index contributed by atoms with van der Waals surface area (Å²) in [4.78, 5) is 24.7. The maximum atomic E-state index is 11.6. The summed E-state index contributed by atoms with van der Waals surface area (Å²) >= 11 is 0. The molecule has 8 heteroatoms. The number of hydrogen-bond donors (Lipinski definition) is 3. The van der Waals surface area contributed by atoms with E-state index >= 15 is 0 Å². The molecule has 4 atom stereocenters. The molecule has 2 saturated heterocycles. The molecule has 2 aliphatic rings. The Kier molecular flexibility index (Phi) is 2.42. The summed E-state index contributed by atoms with van der Waals surface area (Å²) in [6, 6.07) is 1.18. The van der Waals surface area contributed by atoms with Crippen LogP contribution in [0.2, 0.25) is 0 Å². The zero-order valence-electron chi connectivity index (χ0n) is 9.28. The lowest BCUT2D eigenvalue weighted by Crippen LogP contribution is -2.44. The van der Waals surface area contributed by atoms with Crippen LogP contribution < -0.4 is 11.2 Å². The van der Waals surface area contributed by atoms with Crippen molar-refractivity contribution in [2.45, 2.75) is 24.0 Å². The van der Waals surface area contributed by atoms with Crippen LogP contribution in [0.3, 0.4) is 0 Å². The Morgan fingerprint density at radius 2 is 2.33 bits per heavy atom. The number of hydrogen-bond acceptors (Lipinski definition) is 6. The van der Waals surface area contributed by atoms with Crippen LogP contribution in [0.4, 0.5) is 0 Å². The second kappa shape index (κ2) is 3.75. The van der Waals surface area contributed by atoms with E-state index in [9.17, 15) is 19.8 Å². The van der Waals surface area contributed by atoms with E-state index in [-0.39, 0.29) is 6.61 Å². The first-order valence-electron chi connectivity index (χ1n) is 5.47. The quantitative estimate of drug-likeness (QED) is 0.541. The molecule has 8 nitrogen and oxygen atoms in total. The molecule has 18 heavy (non-hydrogen) atoms. The van der Waals surface area contributed by atoms with Crippen molar-refractivity contribution in [1.29, 1.82) is 0 Å². The van der Waals surface area contributed by atoms with E-state index in [0.717, 1.165) is 4.57 Å². The van der Waals surface area contributed by atoms with E-state index in [1.54, 1.807) is 0 Å². The van der Waals surface area contributed by atoms with E-state index in [4.69, 9.17) is 9.47 Å². The lowest BCUT2D eigenvalue weighted by Gasteiger charge is -2.29. The Morgan fingerprint density at radius 1 is 1.56 bits per heavy atom. The zero-order valence-corrected chi connectivity index (χ0v) is 9.28. The summed E-state index contributed by atoms with van der Waals surface area (Å²) in [5.41, 5.74) is -2.35. The fourth-order valence-electron chi connectivity index (χ4n) is 2.38. The maximum absolute atomic E-state index is 11.6. The van der Waals surface area contributed by atoms with Crippen molar-refractivity contribution in [2.24, 2.45) is 0 Å². The van der Waals surface area contributed by atoms with E-state index < -0.39 is 41.9 Å². The Balaban J connectivity index is 2.01. The summed E-state index contributed by atoms with van der Waals surface area (Å²) in [6.07, 6.45) is -1.33. The van der Waals surface area contributed by atoms with Gasteiger partial charge in [-0.1, -0.05) is 0 Å². The molecule has 2 aliphatic heterocycles. The highest BCUT2D eigenvalue weighted by Gasteiger charge is 2.61. The van der Waals surface area contributed by atoms with Crippen LogP contribution >= 0.6 is 0 Å². The molecule has 0 spiro atoms. The molecule has 3 heterocycles. The van der Waals surface area contributed by atoms with Gasteiger partial charge >= 0.3 is 5.69 Å². The number of aromatic nitrogens is 2. The molecule has 2 bridgehead atoms. The molecule has 0 amide bonds. The molecule has 3 rings (SSSR count). The Bertz CT molecular complexity index is 580. The third kappa shape index (κ3) is 1.40. The first-order valence-corrected chi connectivity index (χ1v) is 5.47. The van der Waals surface area contributed by atoms with Gasteiger partial charge in [-0.3, -0.25) is 14.3 Å². The van der Waals surface area contributed by atoms with Crippen molar-refractivity contribution in [1.82, 2.24) is 9.55 Å². The number of nitrogens with zero attached hydrogens (tertiary/aromatic N) is 1. The minimum Gasteiger partial charge on any atom is -0.393 e. The number of rotatable bonds is 2. The molecule has 1 aromatic heterocycles. The highest BCUT2D eigenvalue weighted by Crippen LogP contribution is 2.43. The highest BCUT2D eigenvalue weighted by atomic mass is 16.7. The topological polar surface area (TPSA) is 114 Å². The molecular formula is C10H12N2O6. The van der Waals surface area contributed by atoms with Gasteiger partial charge in [0.2, 0.25) is 0 Å². The van der Waals surface area contributed by atoms with Crippen LogP contribution in [0.5, 0.6) is 0 Å². The number of H-pyrrole nitrogens is 1. The van der Waals surface area contributed by atoms with E-state index in [1.807, 2.05) is 0 Å². The summed E-state index contributed by atoms with van der Waals surface area (Å²) in [6.45, 7) is -0.330. The predicted molar refractivity (Wildman–Crippen MR) is 57.0 cm³/mol. The summed E-state index contributed by atoms with van der Waals surface area (Å²) in [7, 11) is 0. The summed E-state index contributed by atoms with van der Waals surface area (Å²) < 4.78 is 12.0. The number of ether oxygens (including phenoxy) is 2. The number of aliphatic hydroxyl groups is 2. The molecule has 3 N–H and O–H groups in total. The summed E-state index contributed by atoms with van der Waals surface area (Å²) in [5.74, 6) is 0. The van der Waals surface area contributed by atoms with Crippen LogP contribution in [-0.2, 0) is 9.47 Å². The smallest absolute Gasteiger partial charge is 0.330 e. The average molecular weight is 256 g/mol. The van der Waals surface area contributed by atoms with Crippen molar-refractivity contribution in [3.8, 4) is 0 Å². The van der Waals surface area contributed by atoms with Gasteiger partial charge in [0.15, 0.2) is 6.23 Å². The van der Waals surface area contributed by atoms with Gasteiger partial charge in [-0.05, 0) is 0 Å². The van der Waals surface area contributed by atoms with Gasteiger partial charge < -0.3 is 19.7 Å². The molecule has 0 aliphatic carbocycles. The first-order chi connectivity index (χ1) is 8.57. The average Bonchev–Trinajstić information content (AvgIpc) is 2.81. The minimum absolute atomic E-state index is 0.0734. The van der Waals surface area contributed by atoms with Crippen molar-refractivity contribution in [3.05, 3.63) is 33.1 Å². The van der Waals surface area contributed by atoms with Crippen molar-refractivity contribution < 1.29 is 19.7 Å². The largest absolute Gasteiger partial charge is 0.393 e. The van der Waals surface area contributed by atoms with Crippen molar-refractivity contribution >= 4 is 0 Å². The number of nitrogens with one attached hydrogen (secondary N) is 1. The van der Waals surface area contributed by atoms with E-state index in [1.165, 1.54) is 12.3 Å². The molecule has 98 valence electrons. The van der Waals surface area contributed by atoms with Crippen LogP contribution in [0, 0.1) is 0 Å². The highest BCUT2D eigenvalue weighted by molar-refractivity contribution is 5.07. The monoisotopic (exact) mass is 256 g/mol. The van der Waals surface area contributed by atoms with Gasteiger partial charge in [0.1, 0.15) is 17.8 Å². The number of aliphatic hydroxyl groups excluding tert-OH is 2. The standard InChI is InChI=1S/C10H12N2O6/c13-3-10-4-17-6(7(10)15)8(18-10)12-2-1-5(14)11-9(12)16/h1-2,6-8,13,15H,3-4H2,(H,11,14,16)/t6-,7+,8?,10?/m1/s1. The molecule has 0 aromatic carbocycles. The van der Waals surface area contributed by atoms with Crippen LogP contribution in [0.25, 0.3) is 0 Å². The molecule has 0 saturated carbocycles. The molecule has 2 fully saturated rings. The Morgan fingerprint density at radius 3 is 2.94 bits per heavy atom. The van der Waals surface area contributed by atoms with Gasteiger partial charge in [-0.2, -0.15) is 0 Å². The van der Waals surface area contributed by atoms with Crippen LogP contribution in [-0.4, -0.2) is 50.8 Å². The van der Waals surface area contributed by atoms with Crippen molar-refractivity contribution in [3.63, 3.8) is 0 Å². The second-order valence-electron chi connectivity index (χ2n) is 4.47. The molecular weight excluding hydrogens is 244 g/mol. The number of fused-ring (bicyclic) bond motifs is 2. The number of aromatic amines is 1. The second-order valence-corrected chi connectivity index (χ2v) is 4.47. The zero-order chi connectivity index (χ0) is 12.9. The minimum atomic E-state index is -1.19. The third-order valence-corrected chi connectivity index (χ3v) is 3.40. The third-order valence-electron chi connectivity index (χ3n) is 3.40. The first kappa shape index (κ1) is 11.6.